The Hall–Kier alpha value is -2.49. The maximum absolute atomic E-state index is 4.64. The molecule has 0 spiro atoms. The van der Waals surface area contributed by atoms with Gasteiger partial charge in [0.1, 0.15) is 5.69 Å². The van der Waals surface area contributed by atoms with Gasteiger partial charge in [-0.05, 0) is 43.7 Å². The van der Waals surface area contributed by atoms with Gasteiger partial charge in [-0.3, -0.25) is 4.99 Å². The highest BCUT2D eigenvalue weighted by Gasteiger charge is 2.15. The Balaban J connectivity index is 1.88. The van der Waals surface area contributed by atoms with Gasteiger partial charge in [-0.2, -0.15) is 0 Å². The van der Waals surface area contributed by atoms with E-state index in [2.05, 4.69) is 39.0 Å². The van der Waals surface area contributed by atoms with Crippen LogP contribution < -0.4 is 0 Å². The van der Waals surface area contributed by atoms with Crippen LogP contribution in [0.5, 0.6) is 0 Å². The van der Waals surface area contributed by atoms with Crippen molar-refractivity contribution in [3.8, 4) is 11.5 Å². The molecule has 0 amide bonds. The molecule has 1 aliphatic heterocycles. The summed E-state index contributed by atoms with van der Waals surface area (Å²) in [6, 6.07) is 10.2. The fourth-order valence-corrected chi connectivity index (χ4v) is 2.65. The lowest BCUT2D eigenvalue weighted by Crippen LogP contribution is -1.88. The van der Waals surface area contributed by atoms with Crippen LogP contribution in [0.15, 0.2) is 35.3 Å². The summed E-state index contributed by atoms with van der Waals surface area (Å²) in [5, 5.41) is 0. The van der Waals surface area contributed by atoms with Gasteiger partial charge in [-0.15, -0.1) is 0 Å². The summed E-state index contributed by atoms with van der Waals surface area (Å²) >= 11 is 0. The summed E-state index contributed by atoms with van der Waals surface area (Å²) in [6.07, 6.45) is 0.933. The highest BCUT2D eigenvalue weighted by Crippen LogP contribution is 2.31. The molecule has 0 atom stereocenters. The number of nitrogens with zero attached hydrogens (tertiary/aromatic N) is 3. The van der Waals surface area contributed by atoms with Crippen molar-refractivity contribution in [3.05, 3.63) is 41.6 Å². The molecule has 0 saturated heterocycles. The fourth-order valence-electron chi connectivity index (χ4n) is 2.65. The van der Waals surface area contributed by atoms with Crippen molar-refractivity contribution in [1.82, 2.24) is 15.0 Å². The average Bonchev–Trinajstić information content (AvgIpc) is 2.97. The number of nitrogens with one attached hydrogen (secondary N) is 1. The molecule has 3 aromatic rings. The van der Waals surface area contributed by atoms with Crippen LogP contribution in [0.4, 0.5) is 5.69 Å². The molecule has 0 radical (unpaired) electrons. The maximum Gasteiger partial charge on any atom is 0.157 e. The molecule has 1 N–H and O–H groups in total. The molecule has 0 aliphatic carbocycles. The van der Waals surface area contributed by atoms with Crippen LogP contribution in [0.25, 0.3) is 22.6 Å². The lowest BCUT2D eigenvalue weighted by atomic mass is 10.1. The van der Waals surface area contributed by atoms with Gasteiger partial charge in [0.25, 0.3) is 0 Å². The number of rotatable bonds is 1. The maximum atomic E-state index is 4.64. The number of aromatic amines is 1. The number of aliphatic imine (C=N–C) groups is 1. The third-order valence-electron chi connectivity index (χ3n) is 3.57. The zero-order valence-corrected chi connectivity index (χ0v) is 11.4. The van der Waals surface area contributed by atoms with E-state index < -0.39 is 0 Å². The Morgan fingerprint density at radius 3 is 2.85 bits per heavy atom. The summed E-state index contributed by atoms with van der Waals surface area (Å²) in [5.41, 5.74) is 7.33. The number of hydrogen-bond acceptors (Lipinski definition) is 3. The number of imidazole rings is 1. The molecule has 1 aromatic carbocycles. The van der Waals surface area contributed by atoms with Gasteiger partial charge in [0.2, 0.25) is 0 Å². The zero-order valence-electron chi connectivity index (χ0n) is 11.4. The second-order valence-electron chi connectivity index (χ2n) is 5.27. The van der Waals surface area contributed by atoms with E-state index in [4.69, 9.17) is 0 Å². The van der Waals surface area contributed by atoms with Crippen LogP contribution in [0.1, 0.15) is 18.2 Å². The standard InChI is InChI=1S/C16H14N4/c1-9-4-3-5-12(17-9)16-19-14-7-11-6-10(2)18-13(11)8-15(14)20-16/h3-5,7-8H,6H2,1-2H3,(H,19,20). The molecular weight excluding hydrogens is 248 g/mol. The van der Waals surface area contributed by atoms with Gasteiger partial charge in [-0.25, -0.2) is 9.97 Å². The molecule has 20 heavy (non-hydrogen) atoms. The van der Waals surface area contributed by atoms with Crippen LogP contribution in [-0.2, 0) is 6.42 Å². The first kappa shape index (κ1) is 11.3. The number of benzene rings is 1. The number of fused-ring (bicyclic) bond motifs is 2. The monoisotopic (exact) mass is 262 g/mol. The molecule has 2 aromatic heterocycles. The van der Waals surface area contributed by atoms with Crippen molar-refractivity contribution in [3.63, 3.8) is 0 Å². The molecule has 98 valence electrons. The molecule has 3 heterocycles. The SMILES string of the molecule is CC1=Nc2cc3nc(-c4cccc(C)n4)[nH]c3cc2C1. The Morgan fingerprint density at radius 1 is 1.10 bits per heavy atom. The van der Waals surface area contributed by atoms with Crippen molar-refractivity contribution in [2.45, 2.75) is 20.3 Å². The van der Waals surface area contributed by atoms with Crippen LogP contribution in [-0.4, -0.2) is 20.7 Å². The normalized spacial score (nSPS) is 13.6. The van der Waals surface area contributed by atoms with Crippen LogP contribution in [0, 0.1) is 6.92 Å². The molecule has 4 heteroatoms. The van der Waals surface area contributed by atoms with Crippen molar-refractivity contribution >= 4 is 22.4 Å². The van der Waals surface area contributed by atoms with Crippen molar-refractivity contribution < 1.29 is 0 Å². The van der Waals surface area contributed by atoms with Gasteiger partial charge in [0, 0.05) is 17.8 Å². The minimum Gasteiger partial charge on any atom is -0.337 e. The second kappa shape index (κ2) is 4.00. The van der Waals surface area contributed by atoms with Crippen LogP contribution in [0.2, 0.25) is 0 Å². The largest absolute Gasteiger partial charge is 0.337 e. The van der Waals surface area contributed by atoms with Gasteiger partial charge < -0.3 is 4.98 Å². The fraction of sp³-hybridized carbons (Fsp3) is 0.188. The van der Waals surface area contributed by atoms with Crippen LogP contribution >= 0.6 is 0 Å². The van der Waals surface area contributed by atoms with Gasteiger partial charge in [0.15, 0.2) is 5.82 Å². The minimum atomic E-state index is 0.813. The van der Waals surface area contributed by atoms with E-state index in [0.29, 0.717) is 0 Å². The predicted molar refractivity (Wildman–Crippen MR) is 80.5 cm³/mol. The van der Waals surface area contributed by atoms with E-state index in [1.165, 1.54) is 5.56 Å². The number of aromatic nitrogens is 3. The Kier molecular flexibility index (Phi) is 2.27. The predicted octanol–water partition coefficient (Wildman–Crippen LogP) is 3.58. The first-order valence-electron chi connectivity index (χ1n) is 6.70. The summed E-state index contributed by atoms with van der Waals surface area (Å²) in [6.45, 7) is 4.04. The van der Waals surface area contributed by atoms with E-state index in [-0.39, 0.29) is 0 Å². The number of hydrogen-bond donors (Lipinski definition) is 1. The summed E-state index contributed by atoms with van der Waals surface area (Å²) in [4.78, 5) is 17.1. The molecule has 0 bridgehead atoms. The van der Waals surface area contributed by atoms with E-state index in [1.807, 2.05) is 25.1 Å². The number of aryl methyl sites for hydroxylation is 1. The summed E-state index contributed by atoms with van der Waals surface area (Å²) in [5.74, 6) is 0.813. The summed E-state index contributed by atoms with van der Waals surface area (Å²) < 4.78 is 0. The van der Waals surface area contributed by atoms with Gasteiger partial charge >= 0.3 is 0 Å². The third-order valence-corrected chi connectivity index (χ3v) is 3.57. The van der Waals surface area contributed by atoms with E-state index in [9.17, 15) is 0 Å². The van der Waals surface area contributed by atoms with Crippen LogP contribution in [0.3, 0.4) is 0 Å². The number of H-pyrrole nitrogens is 1. The van der Waals surface area contributed by atoms with Gasteiger partial charge in [0.05, 0.1) is 16.7 Å². The minimum absolute atomic E-state index is 0.813. The summed E-state index contributed by atoms with van der Waals surface area (Å²) in [7, 11) is 0. The van der Waals surface area contributed by atoms with E-state index in [1.54, 1.807) is 0 Å². The molecular formula is C16H14N4. The lowest BCUT2D eigenvalue weighted by Gasteiger charge is -1.96. The topological polar surface area (TPSA) is 53.9 Å². The molecule has 1 aliphatic rings. The molecule has 0 unspecified atom stereocenters. The molecule has 0 saturated carbocycles. The highest BCUT2D eigenvalue weighted by atomic mass is 15.0. The lowest BCUT2D eigenvalue weighted by molar-refractivity contribution is 1.17. The average molecular weight is 262 g/mol. The van der Waals surface area contributed by atoms with Gasteiger partial charge in [-0.1, -0.05) is 6.07 Å². The quantitative estimate of drug-likeness (QED) is 0.728. The van der Waals surface area contributed by atoms with Crippen molar-refractivity contribution in [2.24, 2.45) is 4.99 Å². The first-order chi connectivity index (χ1) is 9.69. The molecule has 0 fully saturated rings. The molecule has 4 rings (SSSR count). The Morgan fingerprint density at radius 2 is 2.00 bits per heavy atom. The van der Waals surface area contributed by atoms with E-state index in [0.717, 1.165) is 46.1 Å². The highest BCUT2D eigenvalue weighted by molar-refractivity contribution is 5.95. The van der Waals surface area contributed by atoms with Crippen molar-refractivity contribution in [1.29, 1.82) is 0 Å². The molecule has 4 nitrogen and oxygen atoms in total. The zero-order chi connectivity index (χ0) is 13.7. The Labute approximate surface area is 116 Å². The van der Waals surface area contributed by atoms with E-state index >= 15 is 0 Å². The second-order valence-corrected chi connectivity index (χ2v) is 5.27. The number of pyridine rings is 1. The Bertz CT molecular complexity index is 858. The third kappa shape index (κ3) is 1.72. The first-order valence-corrected chi connectivity index (χ1v) is 6.70. The van der Waals surface area contributed by atoms with Crippen molar-refractivity contribution in [2.75, 3.05) is 0 Å². The smallest absolute Gasteiger partial charge is 0.157 e.